The van der Waals surface area contributed by atoms with Gasteiger partial charge in [-0.25, -0.2) is 0 Å². The maximum Gasteiger partial charge on any atom is 0.295 e. The molecule has 0 bridgehead atoms. The minimum atomic E-state index is -0.817. The van der Waals surface area contributed by atoms with Gasteiger partial charge in [0.05, 0.1) is 39.0 Å². The Labute approximate surface area is 198 Å². The fourth-order valence-electron chi connectivity index (χ4n) is 4.44. The molecule has 2 saturated heterocycles. The zero-order chi connectivity index (χ0) is 24.1. The van der Waals surface area contributed by atoms with E-state index in [1.54, 1.807) is 37.4 Å². The van der Waals surface area contributed by atoms with Crippen LogP contribution in [0.3, 0.4) is 0 Å². The highest BCUT2D eigenvalue weighted by atomic mass is 16.5. The van der Waals surface area contributed by atoms with Crippen molar-refractivity contribution in [3.05, 3.63) is 59.4 Å². The molecule has 0 spiro atoms. The fourth-order valence-corrected chi connectivity index (χ4v) is 4.44. The van der Waals surface area contributed by atoms with E-state index in [2.05, 4.69) is 9.88 Å². The molecule has 2 aliphatic heterocycles. The van der Waals surface area contributed by atoms with Crippen molar-refractivity contribution in [2.45, 2.75) is 12.5 Å². The van der Waals surface area contributed by atoms with Crippen molar-refractivity contribution in [1.82, 2.24) is 14.8 Å². The molecule has 2 aromatic rings. The highest BCUT2D eigenvalue weighted by molar-refractivity contribution is 6.46. The number of aromatic nitrogens is 1. The summed E-state index contributed by atoms with van der Waals surface area (Å²) < 4.78 is 16.4. The van der Waals surface area contributed by atoms with Gasteiger partial charge in [-0.05, 0) is 36.8 Å². The van der Waals surface area contributed by atoms with Crippen LogP contribution in [0.25, 0.3) is 5.76 Å². The van der Waals surface area contributed by atoms with Crippen LogP contribution in [0.15, 0.2) is 48.3 Å². The van der Waals surface area contributed by atoms with Gasteiger partial charge in [-0.3, -0.25) is 19.5 Å². The predicted octanol–water partition coefficient (Wildman–Crippen LogP) is 2.24. The van der Waals surface area contributed by atoms with Gasteiger partial charge >= 0.3 is 0 Å². The number of benzene rings is 1. The number of hydrogen-bond acceptors (Lipinski definition) is 8. The van der Waals surface area contributed by atoms with Gasteiger partial charge in [-0.2, -0.15) is 0 Å². The molecule has 0 aliphatic carbocycles. The number of ketones is 1. The molecule has 0 radical (unpaired) electrons. The van der Waals surface area contributed by atoms with Gasteiger partial charge in [0.2, 0.25) is 0 Å². The van der Waals surface area contributed by atoms with Gasteiger partial charge < -0.3 is 24.2 Å². The summed E-state index contributed by atoms with van der Waals surface area (Å²) in [6.45, 7) is 4.19. The standard InChI is InChI=1S/C25H29N3O6/c1-32-18-4-5-20(33-2)19(16-18)22-21(23(29)17-6-8-26-9-7-17)24(30)25(31)28(22)11-3-10-27-12-14-34-15-13-27/h4-9,16,22,29H,3,10-15H2,1-2H3/b23-21+/t22-/m0/s1. The molecule has 9 heteroatoms. The summed E-state index contributed by atoms with van der Waals surface area (Å²) >= 11 is 0. The first kappa shape index (κ1) is 23.7. The van der Waals surface area contributed by atoms with Crippen LogP contribution in [0.5, 0.6) is 11.5 Å². The van der Waals surface area contributed by atoms with Gasteiger partial charge in [0, 0.05) is 49.7 Å². The van der Waals surface area contributed by atoms with Gasteiger partial charge in [0.25, 0.3) is 11.7 Å². The summed E-state index contributed by atoms with van der Waals surface area (Å²) in [6.07, 6.45) is 3.72. The summed E-state index contributed by atoms with van der Waals surface area (Å²) in [6, 6.07) is 7.60. The van der Waals surface area contributed by atoms with Crippen molar-refractivity contribution in [3.63, 3.8) is 0 Å². The Hall–Kier alpha value is -3.43. The lowest BCUT2D eigenvalue weighted by Gasteiger charge is -2.29. The number of carbonyl (C=O) groups is 2. The van der Waals surface area contributed by atoms with Gasteiger partial charge in [0.15, 0.2) is 0 Å². The summed E-state index contributed by atoms with van der Waals surface area (Å²) in [4.78, 5) is 34.2. The van der Waals surface area contributed by atoms with Crippen molar-refractivity contribution >= 4 is 17.4 Å². The Kier molecular flexibility index (Phi) is 7.44. The van der Waals surface area contributed by atoms with Crippen molar-refractivity contribution in [3.8, 4) is 11.5 Å². The molecular formula is C25H29N3O6. The zero-order valence-electron chi connectivity index (χ0n) is 19.4. The van der Waals surface area contributed by atoms with Crippen LogP contribution in [0.4, 0.5) is 0 Å². The number of likely N-dealkylation sites (tertiary alicyclic amines) is 1. The summed E-state index contributed by atoms with van der Waals surface area (Å²) in [7, 11) is 3.07. The normalized spacial score (nSPS) is 20.5. The Balaban J connectivity index is 1.74. The minimum absolute atomic E-state index is 0.0223. The van der Waals surface area contributed by atoms with E-state index in [1.165, 1.54) is 24.4 Å². The third-order valence-electron chi connectivity index (χ3n) is 6.20. The highest BCUT2D eigenvalue weighted by Gasteiger charge is 2.47. The third kappa shape index (κ3) is 4.76. The second-order valence-corrected chi connectivity index (χ2v) is 8.14. The van der Waals surface area contributed by atoms with Crippen molar-refractivity contribution in [2.75, 3.05) is 53.6 Å². The van der Waals surface area contributed by atoms with Gasteiger partial charge in [-0.15, -0.1) is 0 Å². The number of aliphatic hydroxyl groups is 1. The van der Waals surface area contributed by atoms with E-state index in [1.807, 2.05) is 0 Å². The van der Waals surface area contributed by atoms with Crippen LogP contribution in [0, 0.1) is 0 Å². The maximum absolute atomic E-state index is 13.2. The lowest BCUT2D eigenvalue weighted by Crippen LogP contribution is -2.39. The molecule has 4 rings (SSSR count). The van der Waals surface area contributed by atoms with Crippen LogP contribution in [-0.2, 0) is 14.3 Å². The lowest BCUT2D eigenvalue weighted by atomic mass is 9.94. The molecule has 1 amide bonds. The number of pyridine rings is 1. The largest absolute Gasteiger partial charge is 0.507 e. The average molecular weight is 468 g/mol. The topological polar surface area (TPSA) is 101 Å². The number of amides is 1. The van der Waals surface area contributed by atoms with E-state index in [9.17, 15) is 14.7 Å². The Morgan fingerprint density at radius 2 is 1.82 bits per heavy atom. The van der Waals surface area contributed by atoms with Crippen LogP contribution < -0.4 is 9.47 Å². The number of methoxy groups -OCH3 is 2. The summed E-state index contributed by atoms with van der Waals surface area (Å²) in [5.74, 6) is -0.570. The van der Waals surface area contributed by atoms with Crippen LogP contribution >= 0.6 is 0 Å². The molecule has 34 heavy (non-hydrogen) atoms. The fraction of sp³-hybridized carbons (Fsp3) is 0.400. The second-order valence-electron chi connectivity index (χ2n) is 8.14. The molecule has 3 heterocycles. The Bertz CT molecular complexity index is 1070. The number of rotatable bonds is 8. The molecular weight excluding hydrogens is 438 g/mol. The molecule has 1 N–H and O–H groups in total. The molecule has 1 aromatic heterocycles. The lowest BCUT2D eigenvalue weighted by molar-refractivity contribution is -0.140. The van der Waals surface area contributed by atoms with Gasteiger partial charge in [0.1, 0.15) is 17.3 Å². The maximum atomic E-state index is 13.2. The minimum Gasteiger partial charge on any atom is -0.507 e. The zero-order valence-corrected chi connectivity index (χ0v) is 19.4. The van der Waals surface area contributed by atoms with E-state index < -0.39 is 17.7 Å². The highest BCUT2D eigenvalue weighted by Crippen LogP contribution is 2.43. The van der Waals surface area contributed by atoms with E-state index in [0.717, 1.165) is 19.6 Å². The first-order valence-electron chi connectivity index (χ1n) is 11.3. The average Bonchev–Trinajstić information content (AvgIpc) is 3.14. The third-order valence-corrected chi connectivity index (χ3v) is 6.20. The SMILES string of the molecule is COc1ccc(OC)c([C@H]2/C(=C(\O)c3ccncc3)C(=O)C(=O)N2CCCN2CCOCC2)c1. The van der Waals surface area contributed by atoms with Gasteiger partial charge in [-0.1, -0.05) is 0 Å². The molecule has 9 nitrogen and oxygen atoms in total. The number of hydrogen-bond donors (Lipinski definition) is 1. The molecule has 2 aliphatic rings. The first-order valence-corrected chi connectivity index (χ1v) is 11.3. The number of carbonyl (C=O) groups excluding carboxylic acids is 2. The van der Waals surface area contributed by atoms with E-state index in [4.69, 9.17) is 14.2 Å². The van der Waals surface area contributed by atoms with Crippen molar-refractivity contribution in [1.29, 1.82) is 0 Å². The van der Waals surface area contributed by atoms with E-state index >= 15 is 0 Å². The van der Waals surface area contributed by atoms with Crippen molar-refractivity contribution in [2.24, 2.45) is 0 Å². The smallest absolute Gasteiger partial charge is 0.295 e. The second kappa shape index (κ2) is 10.7. The quantitative estimate of drug-likeness (QED) is 0.358. The monoisotopic (exact) mass is 467 g/mol. The Morgan fingerprint density at radius 3 is 2.50 bits per heavy atom. The summed E-state index contributed by atoms with van der Waals surface area (Å²) in [5.41, 5.74) is 1.00. The van der Waals surface area contributed by atoms with E-state index in [0.29, 0.717) is 48.8 Å². The molecule has 2 fully saturated rings. The van der Waals surface area contributed by atoms with Crippen LogP contribution in [0.2, 0.25) is 0 Å². The van der Waals surface area contributed by atoms with Crippen LogP contribution in [0.1, 0.15) is 23.6 Å². The predicted molar refractivity (Wildman–Crippen MR) is 125 cm³/mol. The first-order chi connectivity index (χ1) is 16.5. The molecule has 1 atom stereocenters. The summed E-state index contributed by atoms with van der Waals surface area (Å²) in [5, 5.41) is 11.1. The number of nitrogens with zero attached hydrogens (tertiary/aromatic N) is 3. The molecule has 180 valence electrons. The number of ether oxygens (including phenoxy) is 3. The molecule has 0 unspecified atom stereocenters. The Morgan fingerprint density at radius 1 is 1.09 bits per heavy atom. The van der Waals surface area contributed by atoms with Crippen molar-refractivity contribution < 1.29 is 28.9 Å². The molecule has 1 aromatic carbocycles. The van der Waals surface area contributed by atoms with Crippen LogP contribution in [-0.4, -0.2) is 85.2 Å². The number of aliphatic hydroxyl groups excluding tert-OH is 1. The molecule has 0 saturated carbocycles. The number of Topliss-reactive ketones (excluding diaryl/α,β-unsaturated/α-hetero) is 1. The van der Waals surface area contributed by atoms with E-state index in [-0.39, 0.29) is 11.3 Å². The number of morpholine rings is 1.